The van der Waals surface area contributed by atoms with Crippen LogP contribution in [0.4, 0.5) is 19.3 Å². The van der Waals surface area contributed by atoms with Crippen molar-refractivity contribution in [1.29, 1.82) is 0 Å². The van der Waals surface area contributed by atoms with Crippen LogP contribution in [0.5, 0.6) is 5.75 Å². The number of rotatable bonds is 7. The van der Waals surface area contributed by atoms with E-state index in [0.29, 0.717) is 11.6 Å². The van der Waals surface area contributed by atoms with Crippen LogP contribution in [0.15, 0.2) is 54.9 Å². The highest BCUT2D eigenvalue weighted by molar-refractivity contribution is 5.94. The molecule has 3 amide bonds. The van der Waals surface area contributed by atoms with Gasteiger partial charge in [-0.25, -0.2) is 18.6 Å². The maximum Gasteiger partial charge on any atom is 0.316 e. The lowest BCUT2D eigenvalue weighted by atomic mass is 10.1. The number of anilines is 1. The molecule has 1 heterocycles. The number of hydrogen-bond acceptors (Lipinski definition) is 4. The molecule has 162 valence electrons. The minimum absolute atomic E-state index is 0.0772. The highest BCUT2D eigenvalue weighted by Crippen LogP contribution is 2.24. The van der Waals surface area contributed by atoms with E-state index in [9.17, 15) is 18.4 Å². The van der Waals surface area contributed by atoms with E-state index in [1.54, 1.807) is 49.3 Å². The third-order valence-electron chi connectivity index (χ3n) is 4.43. The van der Waals surface area contributed by atoms with Crippen LogP contribution >= 0.6 is 0 Å². The van der Waals surface area contributed by atoms with E-state index >= 15 is 0 Å². The third-order valence-corrected chi connectivity index (χ3v) is 4.43. The fourth-order valence-corrected chi connectivity index (χ4v) is 2.90. The van der Waals surface area contributed by atoms with Crippen molar-refractivity contribution in [3.05, 3.63) is 77.9 Å². The largest absolute Gasteiger partial charge is 0.497 e. The van der Waals surface area contributed by atoms with Gasteiger partial charge in [-0.15, -0.1) is 0 Å². The second-order valence-electron chi connectivity index (χ2n) is 6.61. The maximum atomic E-state index is 13.2. The summed E-state index contributed by atoms with van der Waals surface area (Å²) in [6.07, 6.45) is 3.36. The molecule has 10 heteroatoms. The van der Waals surface area contributed by atoms with Crippen molar-refractivity contribution in [2.45, 2.75) is 6.04 Å². The normalized spacial score (nSPS) is 11.5. The Hall–Kier alpha value is -3.95. The summed E-state index contributed by atoms with van der Waals surface area (Å²) in [4.78, 5) is 28.8. The van der Waals surface area contributed by atoms with E-state index in [1.165, 1.54) is 6.07 Å². The van der Waals surface area contributed by atoms with Gasteiger partial charge in [0.1, 0.15) is 17.6 Å². The van der Waals surface area contributed by atoms with Crippen molar-refractivity contribution in [1.82, 2.24) is 20.2 Å². The molecule has 3 aromatic rings. The number of aryl methyl sites for hydroxylation is 1. The molecule has 0 fully saturated rings. The number of benzene rings is 2. The number of nitrogens with one attached hydrogen (secondary N) is 3. The molecule has 0 bridgehead atoms. The highest BCUT2D eigenvalue weighted by Gasteiger charge is 2.21. The summed E-state index contributed by atoms with van der Waals surface area (Å²) < 4.78 is 33.2. The van der Waals surface area contributed by atoms with Crippen molar-refractivity contribution in [3.8, 4) is 5.75 Å². The van der Waals surface area contributed by atoms with Gasteiger partial charge in [0, 0.05) is 31.2 Å². The van der Waals surface area contributed by atoms with Gasteiger partial charge in [0.05, 0.1) is 13.7 Å². The van der Waals surface area contributed by atoms with Crippen LogP contribution in [0.1, 0.15) is 17.4 Å². The first-order valence-corrected chi connectivity index (χ1v) is 9.28. The number of carbonyl (C=O) groups excluding carboxylic acids is 2. The lowest BCUT2D eigenvalue weighted by Gasteiger charge is -2.20. The van der Waals surface area contributed by atoms with Crippen LogP contribution < -0.4 is 20.7 Å². The minimum Gasteiger partial charge on any atom is -0.497 e. The van der Waals surface area contributed by atoms with Crippen molar-refractivity contribution in [2.24, 2.45) is 7.05 Å². The van der Waals surface area contributed by atoms with Gasteiger partial charge in [0.25, 0.3) is 0 Å². The van der Waals surface area contributed by atoms with Crippen molar-refractivity contribution >= 4 is 17.6 Å². The Labute approximate surface area is 177 Å². The molecule has 31 heavy (non-hydrogen) atoms. The van der Waals surface area contributed by atoms with Crippen LogP contribution in [-0.4, -0.2) is 35.1 Å². The molecular weight excluding hydrogens is 408 g/mol. The molecule has 2 aromatic carbocycles. The predicted octanol–water partition coefficient (Wildman–Crippen LogP) is 2.73. The van der Waals surface area contributed by atoms with Gasteiger partial charge in [-0.1, -0.05) is 12.1 Å². The van der Waals surface area contributed by atoms with Gasteiger partial charge in [-0.3, -0.25) is 4.79 Å². The molecule has 8 nitrogen and oxygen atoms in total. The van der Waals surface area contributed by atoms with E-state index in [-0.39, 0.29) is 12.2 Å². The first kappa shape index (κ1) is 21.8. The first-order chi connectivity index (χ1) is 14.9. The Morgan fingerprint density at radius 1 is 1.16 bits per heavy atom. The molecule has 3 N–H and O–H groups in total. The quantitative estimate of drug-likeness (QED) is 0.538. The fourth-order valence-electron chi connectivity index (χ4n) is 2.90. The van der Waals surface area contributed by atoms with Gasteiger partial charge in [0.2, 0.25) is 5.91 Å². The number of aromatic nitrogens is 2. The molecule has 1 unspecified atom stereocenters. The summed E-state index contributed by atoms with van der Waals surface area (Å²) in [6.45, 7) is -0.379. The molecule has 0 aliphatic carbocycles. The summed E-state index contributed by atoms with van der Waals surface area (Å²) in [5, 5.41) is 7.61. The fraction of sp³-hybridized carbons (Fsp3) is 0.190. The van der Waals surface area contributed by atoms with E-state index in [1.807, 2.05) is 6.07 Å². The number of carbonyl (C=O) groups is 2. The molecule has 0 saturated heterocycles. The molecule has 3 rings (SSSR count). The minimum atomic E-state index is -1.08. The monoisotopic (exact) mass is 429 g/mol. The van der Waals surface area contributed by atoms with Gasteiger partial charge < -0.3 is 25.3 Å². The second kappa shape index (κ2) is 9.70. The van der Waals surface area contributed by atoms with Crippen LogP contribution in [-0.2, 0) is 11.8 Å². The van der Waals surface area contributed by atoms with Crippen LogP contribution in [0, 0.1) is 11.6 Å². The number of halogens is 2. The van der Waals surface area contributed by atoms with E-state index in [0.717, 1.165) is 17.7 Å². The zero-order chi connectivity index (χ0) is 22.4. The molecule has 0 radical (unpaired) electrons. The van der Waals surface area contributed by atoms with E-state index in [4.69, 9.17) is 4.74 Å². The number of nitrogens with zero attached hydrogens (tertiary/aromatic N) is 2. The summed E-state index contributed by atoms with van der Waals surface area (Å²) in [5.74, 6) is -1.51. The topological polar surface area (TPSA) is 97.3 Å². The van der Waals surface area contributed by atoms with E-state index in [2.05, 4.69) is 20.9 Å². The Morgan fingerprint density at radius 2 is 1.97 bits per heavy atom. The molecular formula is C21H21F2N5O3. The number of hydrogen-bond donors (Lipinski definition) is 3. The van der Waals surface area contributed by atoms with Gasteiger partial charge >= 0.3 is 6.03 Å². The molecule has 1 atom stereocenters. The lowest BCUT2D eigenvalue weighted by Crippen LogP contribution is -2.42. The SMILES string of the molecule is COc1cccc(C(NC(=O)NCC(=O)Nc2ccc(F)c(F)c2)c2nccn2C)c1. The van der Waals surface area contributed by atoms with Crippen molar-refractivity contribution < 1.29 is 23.1 Å². The highest BCUT2D eigenvalue weighted by atomic mass is 19.2. The zero-order valence-electron chi connectivity index (χ0n) is 16.9. The Kier molecular flexibility index (Phi) is 6.81. The summed E-state index contributed by atoms with van der Waals surface area (Å²) in [6, 6.07) is 8.91. The Balaban J connectivity index is 1.65. The third kappa shape index (κ3) is 5.56. The summed E-state index contributed by atoms with van der Waals surface area (Å²) in [7, 11) is 3.34. The molecule has 0 aliphatic rings. The number of amides is 3. The second-order valence-corrected chi connectivity index (χ2v) is 6.61. The number of urea groups is 1. The first-order valence-electron chi connectivity index (χ1n) is 9.28. The molecule has 1 aromatic heterocycles. The van der Waals surface area contributed by atoms with Crippen molar-refractivity contribution in [2.75, 3.05) is 19.0 Å². The number of methoxy groups -OCH3 is 1. The molecule has 0 saturated carbocycles. The van der Waals surface area contributed by atoms with E-state index < -0.39 is 29.6 Å². The Morgan fingerprint density at radius 3 is 2.65 bits per heavy atom. The summed E-state index contributed by atoms with van der Waals surface area (Å²) >= 11 is 0. The molecule has 0 spiro atoms. The zero-order valence-corrected chi connectivity index (χ0v) is 16.9. The predicted molar refractivity (Wildman–Crippen MR) is 110 cm³/mol. The van der Waals surface area contributed by atoms with Crippen LogP contribution in [0.25, 0.3) is 0 Å². The standard InChI is InChI=1S/C21H21F2N5O3/c1-28-9-8-24-20(28)19(13-4-3-5-15(10-13)31-2)27-21(30)25-12-18(29)26-14-6-7-16(22)17(23)11-14/h3-11,19H,12H2,1-2H3,(H,26,29)(H2,25,27,30). The van der Waals surface area contributed by atoms with Gasteiger partial charge in [-0.2, -0.15) is 0 Å². The summed E-state index contributed by atoms with van der Waals surface area (Å²) in [5.41, 5.74) is 0.809. The number of ether oxygens (including phenoxy) is 1. The maximum absolute atomic E-state index is 13.2. The van der Waals surface area contributed by atoms with Crippen LogP contribution in [0.3, 0.4) is 0 Å². The van der Waals surface area contributed by atoms with Gasteiger partial charge in [0.15, 0.2) is 11.6 Å². The number of imidazole rings is 1. The average Bonchev–Trinajstić information content (AvgIpc) is 3.18. The average molecular weight is 429 g/mol. The Bertz CT molecular complexity index is 1090. The lowest BCUT2D eigenvalue weighted by molar-refractivity contribution is -0.115. The molecule has 0 aliphatic heterocycles. The van der Waals surface area contributed by atoms with Crippen molar-refractivity contribution in [3.63, 3.8) is 0 Å². The van der Waals surface area contributed by atoms with Gasteiger partial charge in [-0.05, 0) is 29.8 Å². The van der Waals surface area contributed by atoms with Crippen LogP contribution in [0.2, 0.25) is 0 Å². The smallest absolute Gasteiger partial charge is 0.316 e.